The molecule has 0 atom stereocenters. The van der Waals surface area contributed by atoms with Gasteiger partial charge in [0.1, 0.15) is 4.90 Å². The van der Waals surface area contributed by atoms with Crippen LogP contribution in [0.4, 0.5) is 5.69 Å². The molecule has 3 rings (SSSR count). The van der Waals surface area contributed by atoms with Crippen molar-refractivity contribution in [1.29, 1.82) is 0 Å². The number of sulfonamides is 1. The van der Waals surface area contributed by atoms with Crippen molar-refractivity contribution in [3.63, 3.8) is 0 Å². The van der Waals surface area contributed by atoms with E-state index < -0.39 is 10.0 Å². The van der Waals surface area contributed by atoms with E-state index in [1.165, 1.54) is 4.88 Å². The largest absolute Gasteiger partial charge is 0.379 e. The Balaban J connectivity index is 1.80. The first kappa shape index (κ1) is 13.6. The SMILES string of the molecule is O=S(=O)(NC1CC1)c1ccccc1NCc1cccs1. The normalized spacial score (nSPS) is 15.2. The van der Waals surface area contributed by atoms with Gasteiger partial charge in [-0.15, -0.1) is 11.3 Å². The summed E-state index contributed by atoms with van der Waals surface area (Å²) in [7, 11) is -3.43. The molecule has 0 saturated heterocycles. The van der Waals surface area contributed by atoms with Crippen molar-refractivity contribution in [3.05, 3.63) is 46.7 Å². The van der Waals surface area contributed by atoms with Gasteiger partial charge in [0.2, 0.25) is 10.0 Å². The van der Waals surface area contributed by atoms with Gasteiger partial charge in [0, 0.05) is 17.5 Å². The molecule has 0 bridgehead atoms. The van der Waals surface area contributed by atoms with Crippen molar-refractivity contribution in [2.75, 3.05) is 5.32 Å². The quantitative estimate of drug-likeness (QED) is 0.863. The van der Waals surface area contributed by atoms with Crippen molar-refractivity contribution in [2.45, 2.75) is 30.3 Å². The highest BCUT2D eigenvalue weighted by Gasteiger charge is 2.29. The number of rotatable bonds is 6. The molecular weight excluding hydrogens is 292 g/mol. The van der Waals surface area contributed by atoms with Crippen LogP contribution in [0.3, 0.4) is 0 Å². The lowest BCUT2D eigenvalue weighted by atomic mass is 10.3. The van der Waals surface area contributed by atoms with E-state index in [1.54, 1.807) is 29.5 Å². The molecular formula is C14H16N2O2S2. The fourth-order valence-corrected chi connectivity index (χ4v) is 4.06. The summed E-state index contributed by atoms with van der Waals surface area (Å²) in [6.45, 7) is 0.633. The summed E-state index contributed by atoms with van der Waals surface area (Å²) in [6.07, 6.45) is 1.87. The van der Waals surface area contributed by atoms with Gasteiger partial charge >= 0.3 is 0 Å². The Morgan fingerprint density at radius 2 is 1.95 bits per heavy atom. The molecule has 1 aromatic heterocycles. The molecule has 6 heteroatoms. The lowest BCUT2D eigenvalue weighted by Gasteiger charge is -2.12. The van der Waals surface area contributed by atoms with Crippen LogP contribution in [-0.2, 0) is 16.6 Å². The Labute approximate surface area is 122 Å². The van der Waals surface area contributed by atoms with E-state index >= 15 is 0 Å². The van der Waals surface area contributed by atoms with Crippen molar-refractivity contribution < 1.29 is 8.42 Å². The first-order valence-corrected chi connectivity index (χ1v) is 8.89. The highest BCUT2D eigenvalue weighted by molar-refractivity contribution is 7.89. The van der Waals surface area contributed by atoms with Crippen LogP contribution < -0.4 is 10.0 Å². The Hall–Kier alpha value is -1.37. The maximum atomic E-state index is 12.3. The summed E-state index contributed by atoms with van der Waals surface area (Å²) in [4.78, 5) is 1.50. The van der Waals surface area contributed by atoms with Crippen LogP contribution in [-0.4, -0.2) is 14.5 Å². The molecule has 1 aliphatic rings. The van der Waals surface area contributed by atoms with Crippen LogP contribution >= 0.6 is 11.3 Å². The highest BCUT2D eigenvalue weighted by atomic mass is 32.2. The smallest absolute Gasteiger partial charge is 0.242 e. The predicted octanol–water partition coefficient (Wildman–Crippen LogP) is 2.80. The number of benzene rings is 1. The van der Waals surface area contributed by atoms with Crippen LogP contribution in [0.5, 0.6) is 0 Å². The third-order valence-corrected chi connectivity index (χ3v) is 5.56. The van der Waals surface area contributed by atoms with E-state index in [0.29, 0.717) is 17.1 Å². The van der Waals surface area contributed by atoms with Gasteiger partial charge in [-0.3, -0.25) is 0 Å². The zero-order valence-electron chi connectivity index (χ0n) is 10.9. The summed E-state index contributed by atoms with van der Waals surface area (Å²) in [5.74, 6) is 0. The Bertz CT molecular complexity index is 677. The summed E-state index contributed by atoms with van der Waals surface area (Å²) in [5, 5.41) is 5.21. The third kappa shape index (κ3) is 3.20. The second kappa shape index (κ2) is 5.55. The zero-order valence-corrected chi connectivity index (χ0v) is 12.5. The van der Waals surface area contributed by atoms with Crippen LogP contribution in [0.25, 0.3) is 0 Å². The van der Waals surface area contributed by atoms with Crippen LogP contribution in [0.1, 0.15) is 17.7 Å². The average Bonchev–Trinajstić information content (AvgIpc) is 3.07. The molecule has 4 nitrogen and oxygen atoms in total. The summed E-state index contributed by atoms with van der Waals surface area (Å²) in [6, 6.07) is 11.2. The van der Waals surface area contributed by atoms with Crippen molar-refractivity contribution in [1.82, 2.24) is 4.72 Å². The van der Waals surface area contributed by atoms with Crippen molar-refractivity contribution >= 4 is 27.0 Å². The lowest BCUT2D eigenvalue weighted by Crippen LogP contribution is -2.26. The van der Waals surface area contributed by atoms with E-state index in [4.69, 9.17) is 0 Å². The van der Waals surface area contributed by atoms with Gasteiger partial charge in [-0.1, -0.05) is 18.2 Å². The van der Waals surface area contributed by atoms with Crippen LogP contribution in [0.15, 0.2) is 46.7 Å². The molecule has 106 valence electrons. The number of para-hydroxylation sites is 1. The Morgan fingerprint density at radius 3 is 2.65 bits per heavy atom. The molecule has 0 radical (unpaired) electrons. The minimum Gasteiger partial charge on any atom is -0.379 e. The number of nitrogens with one attached hydrogen (secondary N) is 2. The summed E-state index contributed by atoms with van der Waals surface area (Å²) < 4.78 is 27.3. The van der Waals surface area contributed by atoms with E-state index in [1.807, 2.05) is 23.6 Å². The fraction of sp³-hybridized carbons (Fsp3) is 0.286. The minimum atomic E-state index is -3.43. The van der Waals surface area contributed by atoms with Gasteiger partial charge in [-0.2, -0.15) is 0 Å². The van der Waals surface area contributed by atoms with Crippen LogP contribution in [0.2, 0.25) is 0 Å². The maximum absolute atomic E-state index is 12.3. The molecule has 1 heterocycles. The Kier molecular flexibility index (Phi) is 3.78. The van der Waals surface area contributed by atoms with Gasteiger partial charge in [0.15, 0.2) is 0 Å². The predicted molar refractivity (Wildman–Crippen MR) is 81.4 cm³/mol. The molecule has 0 aliphatic heterocycles. The Morgan fingerprint density at radius 1 is 1.15 bits per heavy atom. The second-order valence-electron chi connectivity index (χ2n) is 4.82. The topological polar surface area (TPSA) is 58.2 Å². The van der Waals surface area contributed by atoms with E-state index in [9.17, 15) is 8.42 Å². The molecule has 2 aromatic rings. The maximum Gasteiger partial charge on any atom is 0.242 e. The second-order valence-corrected chi connectivity index (χ2v) is 7.54. The number of hydrogen-bond acceptors (Lipinski definition) is 4. The molecule has 1 aromatic carbocycles. The lowest BCUT2D eigenvalue weighted by molar-refractivity contribution is 0.581. The molecule has 1 saturated carbocycles. The number of anilines is 1. The third-order valence-electron chi connectivity index (χ3n) is 3.11. The van der Waals surface area contributed by atoms with Gasteiger partial charge in [-0.05, 0) is 36.4 Å². The highest BCUT2D eigenvalue weighted by Crippen LogP contribution is 2.26. The number of thiophene rings is 1. The van der Waals surface area contributed by atoms with E-state index in [2.05, 4.69) is 10.0 Å². The molecule has 2 N–H and O–H groups in total. The first-order chi connectivity index (χ1) is 9.65. The van der Waals surface area contributed by atoms with Gasteiger partial charge in [0.25, 0.3) is 0 Å². The minimum absolute atomic E-state index is 0.116. The fourth-order valence-electron chi connectivity index (χ4n) is 1.93. The molecule has 1 aliphatic carbocycles. The van der Waals surface area contributed by atoms with Gasteiger partial charge in [0.05, 0.1) is 5.69 Å². The van der Waals surface area contributed by atoms with Crippen molar-refractivity contribution in [3.8, 4) is 0 Å². The number of hydrogen-bond donors (Lipinski definition) is 2. The molecule has 1 fully saturated rings. The summed E-state index contributed by atoms with van der Waals surface area (Å²) in [5.41, 5.74) is 0.647. The van der Waals surface area contributed by atoms with Crippen molar-refractivity contribution in [2.24, 2.45) is 0 Å². The van der Waals surface area contributed by atoms with E-state index in [-0.39, 0.29) is 6.04 Å². The van der Waals surface area contributed by atoms with E-state index in [0.717, 1.165) is 12.8 Å². The monoisotopic (exact) mass is 308 g/mol. The first-order valence-electron chi connectivity index (χ1n) is 6.53. The molecule has 20 heavy (non-hydrogen) atoms. The summed E-state index contributed by atoms with van der Waals surface area (Å²) >= 11 is 1.65. The average molecular weight is 308 g/mol. The van der Waals surface area contributed by atoms with Gasteiger partial charge < -0.3 is 5.32 Å². The molecule has 0 unspecified atom stereocenters. The van der Waals surface area contributed by atoms with Gasteiger partial charge in [-0.25, -0.2) is 13.1 Å². The zero-order chi connectivity index (χ0) is 14.0. The van der Waals surface area contributed by atoms with Crippen LogP contribution in [0, 0.1) is 0 Å². The molecule has 0 spiro atoms. The molecule has 0 amide bonds. The standard InChI is InChI=1S/C14H16N2O2S2/c17-20(18,16-11-7-8-11)14-6-2-1-5-13(14)15-10-12-4-3-9-19-12/h1-6,9,11,15-16H,7-8,10H2.